The first-order valence-electron chi connectivity index (χ1n) is 6.84. The molecule has 1 rings (SSSR count). The quantitative estimate of drug-likeness (QED) is 0.716. The molecule has 2 amide bonds. The third-order valence-corrected chi connectivity index (χ3v) is 2.99. The van der Waals surface area contributed by atoms with Crippen LogP contribution in [0.1, 0.15) is 24.8 Å². The second-order valence-electron chi connectivity index (χ2n) is 4.74. The molecule has 0 aromatic heterocycles. The van der Waals surface area contributed by atoms with Crippen LogP contribution in [-0.2, 0) is 11.2 Å². The topological polar surface area (TPSA) is 69.6 Å². The zero-order chi connectivity index (χ0) is 14.8. The normalized spacial score (nSPS) is 10.1. The molecule has 0 heterocycles. The van der Waals surface area contributed by atoms with Gasteiger partial charge in [-0.05, 0) is 24.8 Å². The van der Waals surface area contributed by atoms with Gasteiger partial charge in [-0.25, -0.2) is 4.79 Å². The van der Waals surface area contributed by atoms with Crippen LogP contribution in [-0.4, -0.2) is 42.1 Å². The Morgan fingerprint density at radius 3 is 2.55 bits per heavy atom. The second kappa shape index (κ2) is 8.96. The van der Waals surface area contributed by atoms with Gasteiger partial charge in [-0.1, -0.05) is 30.3 Å². The maximum atomic E-state index is 11.7. The smallest absolute Gasteiger partial charge is 0.317 e. The summed E-state index contributed by atoms with van der Waals surface area (Å²) in [6.45, 7) is 1.08. The zero-order valence-electron chi connectivity index (χ0n) is 11.8. The first-order chi connectivity index (χ1) is 9.59. The zero-order valence-corrected chi connectivity index (χ0v) is 11.8. The fraction of sp³-hybridized carbons (Fsp3) is 0.467. The highest BCUT2D eigenvalue weighted by Gasteiger charge is 2.07. The molecule has 20 heavy (non-hydrogen) atoms. The van der Waals surface area contributed by atoms with Crippen molar-refractivity contribution in [2.24, 2.45) is 0 Å². The lowest BCUT2D eigenvalue weighted by atomic mass is 10.1. The number of hydrogen-bond donors (Lipinski definition) is 2. The summed E-state index contributed by atoms with van der Waals surface area (Å²) < 4.78 is 0. The molecular weight excluding hydrogens is 256 g/mol. The molecule has 110 valence electrons. The molecule has 0 atom stereocenters. The van der Waals surface area contributed by atoms with Gasteiger partial charge in [0.05, 0.1) is 0 Å². The van der Waals surface area contributed by atoms with Crippen molar-refractivity contribution in [1.82, 2.24) is 10.2 Å². The molecule has 0 spiro atoms. The molecule has 0 saturated carbocycles. The number of nitrogens with zero attached hydrogens (tertiary/aromatic N) is 1. The maximum Gasteiger partial charge on any atom is 0.317 e. The summed E-state index contributed by atoms with van der Waals surface area (Å²) in [5, 5.41) is 11.2. The van der Waals surface area contributed by atoms with E-state index in [4.69, 9.17) is 5.11 Å². The minimum Gasteiger partial charge on any atom is -0.481 e. The number of carboxylic acids is 1. The van der Waals surface area contributed by atoms with Gasteiger partial charge in [-0.3, -0.25) is 4.79 Å². The van der Waals surface area contributed by atoms with Gasteiger partial charge in [0.2, 0.25) is 0 Å². The van der Waals surface area contributed by atoms with Crippen molar-refractivity contribution < 1.29 is 14.7 Å². The number of benzene rings is 1. The van der Waals surface area contributed by atoms with Crippen molar-refractivity contribution in [2.45, 2.75) is 25.7 Å². The van der Waals surface area contributed by atoms with Gasteiger partial charge in [-0.2, -0.15) is 0 Å². The van der Waals surface area contributed by atoms with E-state index in [9.17, 15) is 9.59 Å². The summed E-state index contributed by atoms with van der Waals surface area (Å²) in [4.78, 5) is 23.7. The molecule has 5 nitrogen and oxygen atoms in total. The number of rotatable bonds is 8. The molecule has 0 saturated heterocycles. The highest BCUT2D eigenvalue weighted by Crippen LogP contribution is 2.03. The largest absolute Gasteiger partial charge is 0.481 e. The van der Waals surface area contributed by atoms with Crippen molar-refractivity contribution in [3.8, 4) is 0 Å². The maximum absolute atomic E-state index is 11.7. The molecule has 2 N–H and O–H groups in total. The summed E-state index contributed by atoms with van der Waals surface area (Å²) in [6, 6.07) is 10.0. The predicted molar refractivity (Wildman–Crippen MR) is 77.7 cm³/mol. The van der Waals surface area contributed by atoms with Gasteiger partial charge in [0.15, 0.2) is 0 Å². The summed E-state index contributed by atoms with van der Waals surface area (Å²) in [5.41, 5.74) is 1.27. The lowest BCUT2D eigenvalue weighted by Crippen LogP contribution is -2.38. The van der Waals surface area contributed by atoms with Crippen LogP contribution in [0.15, 0.2) is 30.3 Å². The van der Waals surface area contributed by atoms with Crippen LogP contribution < -0.4 is 5.32 Å². The Morgan fingerprint density at radius 1 is 1.20 bits per heavy atom. The Morgan fingerprint density at radius 2 is 1.90 bits per heavy atom. The van der Waals surface area contributed by atoms with Gasteiger partial charge in [-0.15, -0.1) is 0 Å². The fourth-order valence-electron chi connectivity index (χ4n) is 1.84. The lowest BCUT2D eigenvalue weighted by Gasteiger charge is -2.17. The van der Waals surface area contributed by atoms with E-state index in [2.05, 4.69) is 17.4 Å². The molecule has 1 aromatic rings. The van der Waals surface area contributed by atoms with Crippen LogP contribution >= 0.6 is 0 Å². The fourth-order valence-corrected chi connectivity index (χ4v) is 1.84. The summed E-state index contributed by atoms with van der Waals surface area (Å²) in [7, 11) is 1.75. The van der Waals surface area contributed by atoms with E-state index in [0.717, 1.165) is 12.8 Å². The van der Waals surface area contributed by atoms with Crippen LogP contribution in [0.2, 0.25) is 0 Å². The average molecular weight is 278 g/mol. The van der Waals surface area contributed by atoms with Gasteiger partial charge in [0.25, 0.3) is 0 Å². The number of carbonyl (C=O) groups is 2. The van der Waals surface area contributed by atoms with Gasteiger partial charge >= 0.3 is 12.0 Å². The van der Waals surface area contributed by atoms with Crippen molar-refractivity contribution in [3.63, 3.8) is 0 Å². The molecule has 0 radical (unpaired) electrons. The van der Waals surface area contributed by atoms with E-state index in [1.165, 1.54) is 5.56 Å². The Hall–Kier alpha value is -2.04. The van der Waals surface area contributed by atoms with Crippen LogP contribution in [0.4, 0.5) is 4.79 Å². The van der Waals surface area contributed by atoms with Crippen molar-refractivity contribution in [1.29, 1.82) is 0 Å². The first-order valence-corrected chi connectivity index (χ1v) is 6.84. The van der Waals surface area contributed by atoms with E-state index in [-0.39, 0.29) is 12.5 Å². The minimum absolute atomic E-state index is 0.0814. The number of nitrogens with one attached hydrogen (secondary N) is 1. The SMILES string of the molecule is CN(CCCc1ccccc1)C(=O)NCCCC(=O)O. The van der Waals surface area contributed by atoms with Gasteiger partial charge in [0.1, 0.15) is 0 Å². The van der Waals surface area contributed by atoms with Crippen LogP contribution in [0.25, 0.3) is 0 Å². The first kappa shape index (κ1) is 16.0. The van der Waals surface area contributed by atoms with Crippen molar-refractivity contribution in [2.75, 3.05) is 20.1 Å². The van der Waals surface area contributed by atoms with E-state index in [0.29, 0.717) is 19.5 Å². The molecule has 0 bridgehead atoms. The Labute approximate surface area is 119 Å². The summed E-state index contributed by atoms with van der Waals surface area (Å²) >= 11 is 0. The number of carbonyl (C=O) groups excluding carboxylic acids is 1. The number of urea groups is 1. The lowest BCUT2D eigenvalue weighted by molar-refractivity contribution is -0.137. The van der Waals surface area contributed by atoms with Gasteiger partial charge < -0.3 is 15.3 Å². The third kappa shape index (κ3) is 6.78. The summed E-state index contributed by atoms with van der Waals surface area (Å²) in [6.07, 6.45) is 2.39. The molecular formula is C15H22N2O3. The van der Waals surface area contributed by atoms with Crippen molar-refractivity contribution >= 4 is 12.0 Å². The van der Waals surface area contributed by atoms with E-state index in [1.54, 1.807) is 11.9 Å². The molecule has 1 aromatic carbocycles. The van der Waals surface area contributed by atoms with Crippen LogP contribution in [0.3, 0.4) is 0 Å². The second-order valence-corrected chi connectivity index (χ2v) is 4.74. The Bertz CT molecular complexity index is 420. The third-order valence-electron chi connectivity index (χ3n) is 2.99. The van der Waals surface area contributed by atoms with Gasteiger partial charge in [0, 0.05) is 26.6 Å². The van der Waals surface area contributed by atoms with E-state index < -0.39 is 5.97 Å². The highest BCUT2D eigenvalue weighted by molar-refractivity contribution is 5.73. The number of carboxylic acid groups (broad SMARTS) is 1. The number of amides is 2. The number of hydrogen-bond acceptors (Lipinski definition) is 2. The highest BCUT2D eigenvalue weighted by atomic mass is 16.4. The predicted octanol–water partition coefficient (Wildman–Crippen LogP) is 2.13. The Balaban J connectivity index is 2.13. The summed E-state index contributed by atoms with van der Waals surface area (Å²) in [5.74, 6) is -0.838. The number of aryl methyl sites for hydroxylation is 1. The minimum atomic E-state index is -0.838. The molecule has 0 aliphatic carbocycles. The van der Waals surface area contributed by atoms with Crippen LogP contribution in [0, 0.1) is 0 Å². The van der Waals surface area contributed by atoms with Crippen LogP contribution in [0.5, 0.6) is 0 Å². The van der Waals surface area contributed by atoms with E-state index in [1.807, 2.05) is 18.2 Å². The molecule has 0 fully saturated rings. The Kier molecular flexibility index (Phi) is 7.17. The molecule has 0 aliphatic rings. The molecule has 0 unspecified atom stereocenters. The molecule has 5 heteroatoms. The van der Waals surface area contributed by atoms with E-state index >= 15 is 0 Å². The molecule has 0 aliphatic heterocycles. The standard InChI is InChI=1S/C15H22N2O3/c1-17(15(20)16-11-5-10-14(18)19)12-6-9-13-7-3-2-4-8-13/h2-4,7-8H,5-6,9-12H2,1H3,(H,16,20)(H,18,19). The number of aliphatic carboxylic acids is 1. The van der Waals surface area contributed by atoms with Crippen molar-refractivity contribution in [3.05, 3.63) is 35.9 Å². The monoisotopic (exact) mass is 278 g/mol. The average Bonchev–Trinajstić information content (AvgIpc) is 2.44.